The minimum Gasteiger partial charge on any atom is -0.465 e. The van der Waals surface area contributed by atoms with Gasteiger partial charge in [-0.1, -0.05) is 12.8 Å². The van der Waals surface area contributed by atoms with Crippen molar-refractivity contribution in [2.24, 2.45) is 5.92 Å². The lowest BCUT2D eigenvalue weighted by Crippen LogP contribution is -2.46. The van der Waals surface area contributed by atoms with Crippen LogP contribution < -0.4 is 5.56 Å². The molecule has 0 aromatic carbocycles. The number of likely N-dealkylation sites (tertiary alicyclic amines) is 1. The highest BCUT2D eigenvalue weighted by Gasteiger charge is 2.33. The van der Waals surface area contributed by atoms with Crippen molar-refractivity contribution in [3.05, 3.63) is 26.6 Å². The first-order valence-electron chi connectivity index (χ1n) is 9.43. The van der Waals surface area contributed by atoms with E-state index in [1.165, 1.54) is 57.0 Å². The SMILES string of the molecule is COC(=O)c1sc2nc(CN3CCC[C@@H]4CCCC[C@@H]43)[nH]c(=O)c2c1C. The molecular formula is C19H25N3O3S. The Bertz CT molecular complexity index is 886. The first-order chi connectivity index (χ1) is 12.6. The van der Waals surface area contributed by atoms with Crippen LogP contribution in [0.5, 0.6) is 0 Å². The second-order valence-electron chi connectivity index (χ2n) is 7.47. The third-order valence-corrected chi connectivity index (χ3v) is 7.10. The van der Waals surface area contributed by atoms with Gasteiger partial charge in [0, 0.05) is 6.04 Å². The quantitative estimate of drug-likeness (QED) is 0.834. The molecule has 1 saturated heterocycles. The van der Waals surface area contributed by atoms with Crippen LogP contribution in [-0.4, -0.2) is 40.5 Å². The first-order valence-corrected chi connectivity index (χ1v) is 10.2. The van der Waals surface area contributed by atoms with E-state index in [9.17, 15) is 9.59 Å². The van der Waals surface area contributed by atoms with Crippen LogP contribution in [0.2, 0.25) is 0 Å². The summed E-state index contributed by atoms with van der Waals surface area (Å²) < 4.78 is 4.82. The number of aromatic amines is 1. The van der Waals surface area contributed by atoms with Gasteiger partial charge < -0.3 is 9.72 Å². The lowest BCUT2D eigenvalue weighted by Gasteiger charge is -2.43. The van der Waals surface area contributed by atoms with Gasteiger partial charge in [0.15, 0.2) is 0 Å². The summed E-state index contributed by atoms with van der Waals surface area (Å²) >= 11 is 1.25. The number of methoxy groups -OCH3 is 1. The molecule has 2 fully saturated rings. The molecule has 0 bridgehead atoms. The van der Waals surface area contributed by atoms with Gasteiger partial charge in [-0.25, -0.2) is 9.78 Å². The lowest BCUT2D eigenvalue weighted by atomic mass is 9.78. The molecule has 1 saturated carbocycles. The summed E-state index contributed by atoms with van der Waals surface area (Å²) in [5, 5.41) is 0.508. The molecule has 1 aliphatic heterocycles. The predicted octanol–water partition coefficient (Wildman–Crippen LogP) is 3.23. The molecule has 2 aromatic rings. The summed E-state index contributed by atoms with van der Waals surface area (Å²) in [4.78, 5) is 35.7. The van der Waals surface area contributed by atoms with Crippen molar-refractivity contribution in [3.8, 4) is 0 Å². The fourth-order valence-corrected chi connectivity index (χ4v) is 5.79. The zero-order valence-electron chi connectivity index (χ0n) is 15.3. The number of hydrogen-bond donors (Lipinski definition) is 1. The van der Waals surface area contributed by atoms with E-state index in [1.807, 2.05) is 0 Å². The number of thiophene rings is 1. The molecule has 2 atom stereocenters. The zero-order valence-corrected chi connectivity index (χ0v) is 16.2. The molecule has 4 rings (SSSR count). The average molecular weight is 375 g/mol. The largest absolute Gasteiger partial charge is 0.465 e. The van der Waals surface area contributed by atoms with E-state index in [4.69, 9.17) is 4.74 Å². The third kappa shape index (κ3) is 3.07. The van der Waals surface area contributed by atoms with E-state index in [0.29, 0.717) is 39.1 Å². The standard InChI is InChI=1S/C19H25N3O3S/c1-11-15-17(23)20-14(21-18(15)26-16(11)19(24)25-2)10-22-9-5-7-12-6-3-4-8-13(12)22/h12-13H,3-10H2,1-2H3,(H,20,21,23)/t12-,13-/m0/s1. The van der Waals surface area contributed by atoms with Crippen LogP contribution in [-0.2, 0) is 11.3 Å². The number of rotatable bonds is 3. The second kappa shape index (κ2) is 7.12. The molecule has 0 unspecified atom stereocenters. The number of aryl methyl sites for hydroxylation is 1. The summed E-state index contributed by atoms with van der Waals surface area (Å²) in [5.41, 5.74) is 0.494. The normalized spacial score (nSPS) is 23.8. The van der Waals surface area contributed by atoms with Crippen LogP contribution in [0.15, 0.2) is 4.79 Å². The molecule has 26 heavy (non-hydrogen) atoms. The van der Waals surface area contributed by atoms with Gasteiger partial charge in [0.1, 0.15) is 15.5 Å². The third-order valence-electron chi connectivity index (χ3n) is 5.93. The molecule has 0 amide bonds. The highest BCUT2D eigenvalue weighted by molar-refractivity contribution is 7.20. The molecular weight excluding hydrogens is 350 g/mol. The Labute approximate surface area is 156 Å². The number of carbonyl (C=O) groups is 1. The van der Waals surface area contributed by atoms with Gasteiger partial charge in [-0.05, 0) is 50.6 Å². The van der Waals surface area contributed by atoms with Crippen molar-refractivity contribution in [1.82, 2.24) is 14.9 Å². The van der Waals surface area contributed by atoms with E-state index in [0.717, 1.165) is 12.5 Å². The van der Waals surface area contributed by atoms with E-state index < -0.39 is 5.97 Å². The molecule has 140 valence electrons. The summed E-state index contributed by atoms with van der Waals surface area (Å²) in [6.45, 7) is 3.52. The van der Waals surface area contributed by atoms with Gasteiger partial charge in [0.2, 0.25) is 0 Å². The van der Waals surface area contributed by atoms with Crippen LogP contribution in [0.1, 0.15) is 59.6 Å². The van der Waals surface area contributed by atoms with Crippen molar-refractivity contribution < 1.29 is 9.53 Å². The van der Waals surface area contributed by atoms with E-state index in [-0.39, 0.29) is 5.56 Å². The molecule has 6 nitrogen and oxygen atoms in total. The van der Waals surface area contributed by atoms with Gasteiger partial charge >= 0.3 is 5.97 Å². The van der Waals surface area contributed by atoms with Crippen LogP contribution >= 0.6 is 11.3 Å². The Morgan fingerprint density at radius 2 is 2.08 bits per heavy atom. The van der Waals surface area contributed by atoms with Crippen LogP contribution in [0.4, 0.5) is 0 Å². The molecule has 3 heterocycles. The van der Waals surface area contributed by atoms with Gasteiger partial charge in [-0.3, -0.25) is 9.69 Å². The Morgan fingerprint density at radius 1 is 1.31 bits per heavy atom. The number of carbonyl (C=O) groups excluding carboxylic acids is 1. The maximum atomic E-state index is 12.6. The topological polar surface area (TPSA) is 75.3 Å². The number of H-pyrrole nitrogens is 1. The highest BCUT2D eigenvalue weighted by Crippen LogP contribution is 2.36. The number of nitrogens with zero attached hydrogens (tertiary/aromatic N) is 2. The van der Waals surface area contributed by atoms with Crippen molar-refractivity contribution >= 4 is 27.5 Å². The Kier molecular flexibility index (Phi) is 4.84. The number of esters is 1. The number of piperidine rings is 1. The van der Waals surface area contributed by atoms with Crippen LogP contribution in [0.25, 0.3) is 10.2 Å². The van der Waals surface area contributed by atoms with E-state index in [1.54, 1.807) is 6.92 Å². The van der Waals surface area contributed by atoms with Gasteiger partial charge in [-0.2, -0.15) is 0 Å². The molecule has 7 heteroatoms. The first kappa shape index (κ1) is 17.7. The Balaban J connectivity index is 1.65. The minimum absolute atomic E-state index is 0.161. The average Bonchev–Trinajstić information content (AvgIpc) is 2.98. The fraction of sp³-hybridized carbons (Fsp3) is 0.632. The number of fused-ring (bicyclic) bond motifs is 2. The second-order valence-corrected chi connectivity index (χ2v) is 8.46. The highest BCUT2D eigenvalue weighted by atomic mass is 32.1. The van der Waals surface area contributed by atoms with E-state index >= 15 is 0 Å². The van der Waals surface area contributed by atoms with Crippen molar-refractivity contribution in [2.45, 2.75) is 58.0 Å². The number of aromatic nitrogens is 2. The molecule has 1 aliphatic carbocycles. The fourth-order valence-electron chi connectivity index (χ4n) is 4.67. The number of nitrogens with one attached hydrogen (secondary N) is 1. The van der Waals surface area contributed by atoms with Crippen LogP contribution in [0.3, 0.4) is 0 Å². The van der Waals surface area contributed by atoms with Gasteiger partial charge in [0.25, 0.3) is 5.56 Å². The summed E-state index contributed by atoms with van der Waals surface area (Å²) in [6, 6.07) is 0.620. The monoisotopic (exact) mass is 375 g/mol. The molecule has 0 spiro atoms. The van der Waals surface area contributed by atoms with Crippen molar-refractivity contribution in [2.75, 3.05) is 13.7 Å². The van der Waals surface area contributed by atoms with Gasteiger partial charge in [-0.15, -0.1) is 11.3 Å². The zero-order chi connectivity index (χ0) is 18.3. The lowest BCUT2D eigenvalue weighted by molar-refractivity contribution is 0.0527. The maximum absolute atomic E-state index is 12.6. The van der Waals surface area contributed by atoms with Crippen molar-refractivity contribution in [1.29, 1.82) is 0 Å². The van der Waals surface area contributed by atoms with E-state index in [2.05, 4.69) is 14.9 Å². The minimum atomic E-state index is -0.410. The molecule has 2 aliphatic rings. The predicted molar refractivity (Wildman–Crippen MR) is 102 cm³/mol. The molecule has 0 radical (unpaired) electrons. The molecule has 1 N–H and O–H groups in total. The summed E-state index contributed by atoms with van der Waals surface area (Å²) in [7, 11) is 1.35. The van der Waals surface area contributed by atoms with Gasteiger partial charge in [0.05, 0.1) is 19.0 Å². The molecule has 2 aromatic heterocycles. The van der Waals surface area contributed by atoms with Crippen LogP contribution in [0, 0.1) is 12.8 Å². The Morgan fingerprint density at radius 3 is 2.88 bits per heavy atom. The smallest absolute Gasteiger partial charge is 0.348 e. The maximum Gasteiger partial charge on any atom is 0.348 e. The van der Waals surface area contributed by atoms with Crippen molar-refractivity contribution in [3.63, 3.8) is 0 Å². The summed E-state index contributed by atoms with van der Waals surface area (Å²) in [5.74, 6) is 1.08. The summed E-state index contributed by atoms with van der Waals surface area (Å²) in [6.07, 6.45) is 7.78. The number of ether oxygens (including phenoxy) is 1. The Hall–Kier alpha value is -1.73. The number of hydrogen-bond acceptors (Lipinski definition) is 6.